The Morgan fingerprint density at radius 2 is 2.32 bits per heavy atom. The number of thiophene rings is 1. The second kappa shape index (κ2) is 4.79. The zero-order valence-electron chi connectivity index (χ0n) is 10.5. The minimum Gasteiger partial charge on any atom is -0.334 e. The lowest BCUT2D eigenvalue weighted by Crippen LogP contribution is -2.46. The lowest BCUT2D eigenvalue weighted by Gasteiger charge is -2.28. The summed E-state index contributed by atoms with van der Waals surface area (Å²) < 4.78 is 22.7. The molecule has 0 spiro atoms. The molecule has 1 aromatic rings. The number of nitrogens with one attached hydrogen (secondary N) is 1. The largest absolute Gasteiger partial charge is 0.334 e. The number of carbonyl (C=O) groups is 1. The summed E-state index contributed by atoms with van der Waals surface area (Å²) in [6.07, 6.45) is 1.43. The highest BCUT2D eigenvalue weighted by Crippen LogP contribution is 2.24. The third-order valence-electron chi connectivity index (χ3n) is 3.65. The van der Waals surface area contributed by atoms with Crippen molar-refractivity contribution in [1.29, 1.82) is 0 Å². The number of sulfone groups is 1. The molecular formula is C12H16N2O3S2. The van der Waals surface area contributed by atoms with Crippen LogP contribution in [0.3, 0.4) is 0 Å². The SMILES string of the molecule is O=C(N[C@H]1CCS(=O)(=O)C1)N1CCc2sccc2C1. The van der Waals surface area contributed by atoms with E-state index in [0.29, 0.717) is 19.5 Å². The van der Waals surface area contributed by atoms with Gasteiger partial charge in [0.2, 0.25) is 0 Å². The fraction of sp³-hybridized carbons (Fsp3) is 0.583. The molecule has 3 heterocycles. The van der Waals surface area contributed by atoms with Crippen LogP contribution in [0.1, 0.15) is 16.9 Å². The number of urea groups is 1. The minimum absolute atomic E-state index is 0.0796. The first kappa shape index (κ1) is 12.9. The van der Waals surface area contributed by atoms with Crippen molar-refractivity contribution in [3.8, 4) is 0 Å². The van der Waals surface area contributed by atoms with Crippen molar-refractivity contribution in [2.75, 3.05) is 18.1 Å². The maximum atomic E-state index is 12.1. The van der Waals surface area contributed by atoms with Crippen LogP contribution in [0.25, 0.3) is 0 Å². The average Bonchev–Trinajstić information content (AvgIpc) is 2.94. The van der Waals surface area contributed by atoms with Gasteiger partial charge in [-0.15, -0.1) is 11.3 Å². The first-order valence-electron chi connectivity index (χ1n) is 6.34. The Morgan fingerprint density at radius 1 is 1.47 bits per heavy atom. The van der Waals surface area contributed by atoms with Gasteiger partial charge in [-0.05, 0) is 29.9 Å². The van der Waals surface area contributed by atoms with Crippen molar-refractivity contribution in [3.05, 3.63) is 21.9 Å². The van der Waals surface area contributed by atoms with Gasteiger partial charge in [0.15, 0.2) is 9.84 Å². The van der Waals surface area contributed by atoms with E-state index in [1.165, 1.54) is 10.4 Å². The van der Waals surface area contributed by atoms with Crippen molar-refractivity contribution in [2.45, 2.75) is 25.4 Å². The van der Waals surface area contributed by atoms with E-state index in [9.17, 15) is 13.2 Å². The lowest BCUT2D eigenvalue weighted by molar-refractivity contribution is 0.189. The fourth-order valence-corrected chi connectivity index (χ4v) is 5.16. The summed E-state index contributed by atoms with van der Waals surface area (Å²) >= 11 is 1.73. The standard InChI is InChI=1S/C12H16N2O3S2/c15-12(13-10-3-6-19(16,17)8-10)14-4-1-11-9(7-14)2-5-18-11/h2,5,10H,1,3-4,6-8H2,(H,13,15)/t10-/m0/s1. The van der Waals surface area contributed by atoms with Gasteiger partial charge >= 0.3 is 6.03 Å². The second-order valence-electron chi connectivity index (χ2n) is 5.09. The van der Waals surface area contributed by atoms with Crippen LogP contribution in [-0.2, 0) is 22.8 Å². The molecule has 2 amide bonds. The van der Waals surface area contributed by atoms with Gasteiger partial charge in [-0.3, -0.25) is 0 Å². The topological polar surface area (TPSA) is 66.5 Å². The predicted octanol–water partition coefficient (Wildman–Crippen LogP) is 1.00. The van der Waals surface area contributed by atoms with E-state index in [1.807, 2.05) is 0 Å². The summed E-state index contributed by atoms with van der Waals surface area (Å²) in [6, 6.07) is 1.69. The second-order valence-corrected chi connectivity index (χ2v) is 8.32. The van der Waals surface area contributed by atoms with Gasteiger partial charge in [-0.2, -0.15) is 0 Å². The monoisotopic (exact) mass is 300 g/mol. The Kier molecular flexibility index (Phi) is 3.26. The first-order chi connectivity index (χ1) is 9.03. The molecule has 0 saturated carbocycles. The summed E-state index contributed by atoms with van der Waals surface area (Å²) in [6.45, 7) is 1.34. The van der Waals surface area contributed by atoms with Crippen LogP contribution >= 0.6 is 11.3 Å². The Bertz CT molecular complexity index is 594. The van der Waals surface area contributed by atoms with Crippen molar-refractivity contribution >= 4 is 27.2 Å². The van der Waals surface area contributed by atoms with Crippen LogP contribution in [0.5, 0.6) is 0 Å². The third kappa shape index (κ3) is 2.76. The Balaban J connectivity index is 1.60. The van der Waals surface area contributed by atoms with E-state index in [2.05, 4.69) is 16.8 Å². The van der Waals surface area contributed by atoms with Crippen molar-refractivity contribution in [2.24, 2.45) is 0 Å². The Labute approximate surface area is 116 Å². The molecule has 7 heteroatoms. The molecule has 0 unspecified atom stereocenters. The summed E-state index contributed by atoms with van der Waals surface area (Å²) in [5.41, 5.74) is 1.21. The maximum absolute atomic E-state index is 12.1. The number of hydrogen-bond donors (Lipinski definition) is 1. The molecule has 1 fully saturated rings. The van der Waals surface area contributed by atoms with Gasteiger partial charge in [-0.1, -0.05) is 0 Å². The summed E-state index contributed by atoms with van der Waals surface area (Å²) in [5, 5.41) is 4.89. The molecule has 1 aromatic heterocycles. The molecule has 3 rings (SSSR count). The number of rotatable bonds is 1. The molecule has 19 heavy (non-hydrogen) atoms. The Morgan fingerprint density at radius 3 is 3.05 bits per heavy atom. The molecule has 2 aliphatic heterocycles. The highest BCUT2D eigenvalue weighted by atomic mass is 32.2. The van der Waals surface area contributed by atoms with Crippen LogP contribution in [0, 0.1) is 0 Å². The van der Waals surface area contributed by atoms with E-state index >= 15 is 0 Å². The smallest absolute Gasteiger partial charge is 0.317 e. The van der Waals surface area contributed by atoms with Crippen molar-refractivity contribution in [3.63, 3.8) is 0 Å². The summed E-state index contributed by atoms with van der Waals surface area (Å²) in [4.78, 5) is 15.2. The van der Waals surface area contributed by atoms with E-state index < -0.39 is 9.84 Å². The highest BCUT2D eigenvalue weighted by Gasteiger charge is 2.30. The fourth-order valence-electron chi connectivity index (χ4n) is 2.60. The van der Waals surface area contributed by atoms with Crippen LogP contribution in [0.15, 0.2) is 11.4 Å². The molecule has 1 N–H and O–H groups in total. The van der Waals surface area contributed by atoms with E-state index in [-0.39, 0.29) is 23.6 Å². The zero-order chi connectivity index (χ0) is 13.5. The molecule has 1 atom stereocenters. The first-order valence-corrected chi connectivity index (χ1v) is 9.05. The summed E-state index contributed by atoms with van der Waals surface area (Å²) in [7, 11) is -2.94. The zero-order valence-corrected chi connectivity index (χ0v) is 12.1. The Hall–Kier alpha value is -1.08. The van der Waals surface area contributed by atoms with E-state index in [1.54, 1.807) is 16.2 Å². The quantitative estimate of drug-likeness (QED) is 0.841. The van der Waals surface area contributed by atoms with Gasteiger partial charge in [0, 0.05) is 24.0 Å². The molecule has 0 aliphatic carbocycles. The molecule has 0 radical (unpaired) electrons. The average molecular weight is 300 g/mol. The summed E-state index contributed by atoms with van der Waals surface area (Å²) in [5.74, 6) is 0.267. The van der Waals surface area contributed by atoms with Crippen LogP contribution in [0.4, 0.5) is 4.79 Å². The molecule has 1 saturated heterocycles. The van der Waals surface area contributed by atoms with Gasteiger partial charge in [-0.25, -0.2) is 13.2 Å². The maximum Gasteiger partial charge on any atom is 0.317 e. The normalized spacial score (nSPS) is 25.1. The number of hydrogen-bond acceptors (Lipinski definition) is 4. The van der Waals surface area contributed by atoms with Crippen molar-refractivity contribution < 1.29 is 13.2 Å². The number of nitrogens with zero attached hydrogens (tertiary/aromatic N) is 1. The lowest BCUT2D eigenvalue weighted by atomic mass is 10.1. The van der Waals surface area contributed by atoms with Gasteiger partial charge < -0.3 is 10.2 Å². The molecular weight excluding hydrogens is 284 g/mol. The molecule has 0 aromatic carbocycles. The van der Waals surface area contributed by atoms with Crippen molar-refractivity contribution in [1.82, 2.24) is 10.2 Å². The van der Waals surface area contributed by atoms with Crippen LogP contribution in [0.2, 0.25) is 0 Å². The van der Waals surface area contributed by atoms with E-state index in [4.69, 9.17) is 0 Å². The molecule has 5 nitrogen and oxygen atoms in total. The predicted molar refractivity (Wildman–Crippen MR) is 74.0 cm³/mol. The van der Waals surface area contributed by atoms with Crippen LogP contribution in [-0.4, -0.2) is 43.4 Å². The third-order valence-corrected chi connectivity index (χ3v) is 6.45. The number of fused-ring (bicyclic) bond motifs is 1. The van der Waals surface area contributed by atoms with Crippen LogP contribution < -0.4 is 5.32 Å². The molecule has 0 bridgehead atoms. The molecule has 2 aliphatic rings. The van der Waals surface area contributed by atoms with Gasteiger partial charge in [0.25, 0.3) is 0 Å². The number of amides is 2. The molecule has 104 valence electrons. The van der Waals surface area contributed by atoms with Gasteiger partial charge in [0.1, 0.15) is 0 Å². The highest BCUT2D eigenvalue weighted by molar-refractivity contribution is 7.91. The minimum atomic E-state index is -2.94. The van der Waals surface area contributed by atoms with Gasteiger partial charge in [0.05, 0.1) is 11.5 Å². The number of carbonyl (C=O) groups excluding carboxylic acids is 1. The van der Waals surface area contributed by atoms with E-state index in [0.717, 1.165) is 6.42 Å².